The molecule has 0 bridgehead atoms. The summed E-state index contributed by atoms with van der Waals surface area (Å²) in [5.41, 5.74) is 0. The molecule has 0 aliphatic carbocycles. The van der Waals surface area contributed by atoms with E-state index in [0.29, 0.717) is 6.42 Å². The lowest BCUT2D eigenvalue weighted by Gasteiger charge is -2.03. The second-order valence-corrected chi connectivity index (χ2v) is 5.10. The Morgan fingerprint density at radius 2 is 1.47 bits per heavy atom. The second kappa shape index (κ2) is 13.9. The van der Waals surface area contributed by atoms with Crippen molar-refractivity contribution >= 4 is 18.5 Å². The molecule has 2 nitrogen and oxygen atoms in total. The minimum Gasteiger partial charge on any atom is -0.356 e. The number of carbonyl (C=O) groups is 1. The van der Waals surface area contributed by atoms with Crippen molar-refractivity contribution in [3.8, 4) is 0 Å². The molecule has 17 heavy (non-hydrogen) atoms. The second-order valence-electron chi connectivity index (χ2n) is 4.65. The van der Waals surface area contributed by atoms with Gasteiger partial charge < -0.3 is 5.32 Å². The van der Waals surface area contributed by atoms with Gasteiger partial charge in [-0.3, -0.25) is 4.79 Å². The summed E-state index contributed by atoms with van der Waals surface area (Å²) in [6, 6.07) is 0. The van der Waals surface area contributed by atoms with Crippen LogP contribution in [-0.2, 0) is 4.79 Å². The standard InChI is InChI=1S/C14H29NOS/c1-2-12-15-14(16)11-9-7-5-3-4-6-8-10-13-17/h17H,2-13H2,1H3,(H,15,16). The maximum atomic E-state index is 11.3. The number of nitrogens with one attached hydrogen (secondary N) is 1. The van der Waals surface area contributed by atoms with Crippen LogP contribution in [0.15, 0.2) is 0 Å². The number of hydrogen-bond acceptors (Lipinski definition) is 2. The molecule has 0 fully saturated rings. The van der Waals surface area contributed by atoms with Gasteiger partial charge in [0, 0.05) is 13.0 Å². The van der Waals surface area contributed by atoms with Crippen LogP contribution in [0.2, 0.25) is 0 Å². The summed E-state index contributed by atoms with van der Waals surface area (Å²) < 4.78 is 0. The Morgan fingerprint density at radius 1 is 0.941 bits per heavy atom. The van der Waals surface area contributed by atoms with Crippen LogP contribution in [-0.4, -0.2) is 18.2 Å². The zero-order valence-corrected chi connectivity index (χ0v) is 12.2. The molecule has 1 amide bonds. The number of thiol groups is 1. The van der Waals surface area contributed by atoms with E-state index in [9.17, 15) is 4.79 Å². The van der Waals surface area contributed by atoms with Gasteiger partial charge in [0.25, 0.3) is 0 Å². The van der Waals surface area contributed by atoms with Gasteiger partial charge in [0.15, 0.2) is 0 Å². The van der Waals surface area contributed by atoms with E-state index in [1.165, 1.54) is 44.9 Å². The molecule has 0 radical (unpaired) electrons. The molecule has 0 unspecified atom stereocenters. The van der Waals surface area contributed by atoms with Crippen molar-refractivity contribution in [3.63, 3.8) is 0 Å². The molecule has 0 saturated carbocycles. The van der Waals surface area contributed by atoms with Crippen LogP contribution in [0.5, 0.6) is 0 Å². The van der Waals surface area contributed by atoms with Gasteiger partial charge in [0.05, 0.1) is 0 Å². The SMILES string of the molecule is CCCNC(=O)CCCCCCCCCCS. The summed E-state index contributed by atoms with van der Waals surface area (Å²) in [5.74, 6) is 1.24. The van der Waals surface area contributed by atoms with Crippen molar-refractivity contribution in [3.05, 3.63) is 0 Å². The maximum absolute atomic E-state index is 11.3. The molecule has 0 aromatic rings. The average molecular weight is 259 g/mol. The van der Waals surface area contributed by atoms with E-state index < -0.39 is 0 Å². The Kier molecular flexibility index (Phi) is 13.7. The van der Waals surface area contributed by atoms with E-state index >= 15 is 0 Å². The minimum atomic E-state index is 0.223. The van der Waals surface area contributed by atoms with Crippen molar-refractivity contribution in [1.82, 2.24) is 5.32 Å². The van der Waals surface area contributed by atoms with Crippen LogP contribution in [0.4, 0.5) is 0 Å². The quantitative estimate of drug-likeness (QED) is 0.403. The van der Waals surface area contributed by atoms with Gasteiger partial charge in [0.2, 0.25) is 5.91 Å². The molecule has 0 spiro atoms. The Balaban J connectivity index is 3.05. The third-order valence-corrected chi connectivity index (χ3v) is 3.20. The zero-order valence-electron chi connectivity index (χ0n) is 11.3. The first-order valence-corrected chi connectivity index (χ1v) is 7.82. The van der Waals surface area contributed by atoms with Crippen molar-refractivity contribution in [1.29, 1.82) is 0 Å². The van der Waals surface area contributed by atoms with Gasteiger partial charge in [-0.25, -0.2) is 0 Å². The lowest BCUT2D eigenvalue weighted by molar-refractivity contribution is -0.121. The summed E-state index contributed by atoms with van der Waals surface area (Å²) in [6.07, 6.45) is 11.8. The predicted molar refractivity (Wildman–Crippen MR) is 78.7 cm³/mol. The number of unbranched alkanes of at least 4 members (excludes halogenated alkanes) is 7. The highest BCUT2D eigenvalue weighted by Gasteiger charge is 1.99. The Labute approximate surface area is 112 Å². The van der Waals surface area contributed by atoms with Crippen molar-refractivity contribution < 1.29 is 4.79 Å². The number of rotatable bonds is 12. The highest BCUT2D eigenvalue weighted by Crippen LogP contribution is 2.09. The van der Waals surface area contributed by atoms with Crippen LogP contribution in [0, 0.1) is 0 Å². The van der Waals surface area contributed by atoms with Crippen molar-refractivity contribution in [2.45, 2.75) is 71.1 Å². The number of amides is 1. The first kappa shape index (κ1) is 16.8. The first-order valence-electron chi connectivity index (χ1n) is 7.18. The molecule has 0 heterocycles. The summed E-state index contributed by atoms with van der Waals surface area (Å²) in [7, 11) is 0. The van der Waals surface area contributed by atoms with Gasteiger partial charge in [0.1, 0.15) is 0 Å². The van der Waals surface area contributed by atoms with Gasteiger partial charge in [-0.2, -0.15) is 12.6 Å². The number of hydrogen-bond donors (Lipinski definition) is 2. The molecule has 0 atom stereocenters. The Morgan fingerprint density at radius 3 is 2.00 bits per heavy atom. The van der Waals surface area contributed by atoms with Gasteiger partial charge in [-0.05, 0) is 25.0 Å². The monoisotopic (exact) mass is 259 g/mol. The van der Waals surface area contributed by atoms with E-state index in [0.717, 1.165) is 25.1 Å². The van der Waals surface area contributed by atoms with E-state index in [1.54, 1.807) is 0 Å². The lowest BCUT2D eigenvalue weighted by atomic mass is 10.1. The van der Waals surface area contributed by atoms with Gasteiger partial charge in [-0.1, -0.05) is 45.4 Å². The summed E-state index contributed by atoms with van der Waals surface area (Å²) in [6.45, 7) is 2.90. The topological polar surface area (TPSA) is 29.1 Å². The summed E-state index contributed by atoms with van der Waals surface area (Å²) in [4.78, 5) is 11.3. The van der Waals surface area contributed by atoms with Crippen molar-refractivity contribution in [2.75, 3.05) is 12.3 Å². The predicted octanol–water partition coefficient (Wildman–Crippen LogP) is 3.95. The minimum absolute atomic E-state index is 0.223. The van der Waals surface area contributed by atoms with E-state index in [4.69, 9.17) is 0 Å². The molecule has 0 saturated heterocycles. The molecular weight excluding hydrogens is 230 g/mol. The molecule has 0 aliphatic rings. The van der Waals surface area contributed by atoms with Crippen LogP contribution in [0.1, 0.15) is 71.1 Å². The Hall–Kier alpha value is -0.180. The highest BCUT2D eigenvalue weighted by molar-refractivity contribution is 7.80. The zero-order chi connectivity index (χ0) is 12.8. The molecular formula is C14H29NOS. The number of carbonyl (C=O) groups excluding carboxylic acids is 1. The third kappa shape index (κ3) is 13.8. The summed E-state index contributed by atoms with van der Waals surface area (Å²) in [5, 5.41) is 2.91. The molecule has 0 aromatic heterocycles. The van der Waals surface area contributed by atoms with Crippen LogP contribution in [0.25, 0.3) is 0 Å². The smallest absolute Gasteiger partial charge is 0.219 e. The van der Waals surface area contributed by atoms with Crippen LogP contribution < -0.4 is 5.32 Å². The van der Waals surface area contributed by atoms with Crippen LogP contribution >= 0.6 is 12.6 Å². The fourth-order valence-corrected chi connectivity index (χ4v) is 2.03. The highest BCUT2D eigenvalue weighted by atomic mass is 32.1. The van der Waals surface area contributed by atoms with E-state index in [1.807, 2.05) is 0 Å². The summed E-state index contributed by atoms with van der Waals surface area (Å²) >= 11 is 4.20. The largest absolute Gasteiger partial charge is 0.356 e. The lowest BCUT2D eigenvalue weighted by Crippen LogP contribution is -2.23. The first-order chi connectivity index (χ1) is 8.31. The normalized spacial score (nSPS) is 10.5. The molecule has 0 rings (SSSR count). The molecule has 3 heteroatoms. The van der Waals surface area contributed by atoms with Gasteiger partial charge in [-0.15, -0.1) is 0 Å². The molecule has 102 valence electrons. The molecule has 0 aromatic carbocycles. The molecule has 1 N–H and O–H groups in total. The van der Waals surface area contributed by atoms with E-state index in [2.05, 4.69) is 24.9 Å². The fourth-order valence-electron chi connectivity index (χ4n) is 1.81. The van der Waals surface area contributed by atoms with Gasteiger partial charge >= 0.3 is 0 Å². The fraction of sp³-hybridized carbons (Fsp3) is 0.929. The Bertz CT molecular complexity index is 174. The van der Waals surface area contributed by atoms with Crippen LogP contribution in [0.3, 0.4) is 0 Å². The average Bonchev–Trinajstić information content (AvgIpc) is 2.34. The maximum Gasteiger partial charge on any atom is 0.219 e. The molecule has 0 aliphatic heterocycles. The third-order valence-electron chi connectivity index (χ3n) is 2.88. The van der Waals surface area contributed by atoms with Crippen molar-refractivity contribution in [2.24, 2.45) is 0 Å². The van der Waals surface area contributed by atoms with E-state index in [-0.39, 0.29) is 5.91 Å².